The van der Waals surface area contributed by atoms with Crippen LogP contribution in [0.25, 0.3) is 11.3 Å². The lowest BCUT2D eigenvalue weighted by Gasteiger charge is -2.04. The molecule has 0 aliphatic carbocycles. The number of carbonyl (C=O) groups excluding carboxylic acids is 2. The summed E-state index contributed by atoms with van der Waals surface area (Å²) in [7, 11) is 0. The van der Waals surface area contributed by atoms with Crippen molar-refractivity contribution in [1.82, 2.24) is 0 Å². The monoisotopic (exact) mass is 249 g/mol. The zero-order valence-corrected chi connectivity index (χ0v) is 9.40. The SMILES string of the molecule is NC(=O)c1cc(Cl)ccc1-c1ccc(C=O)o1. The molecule has 4 nitrogen and oxygen atoms in total. The lowest BCUT2D eigenvalue weighted by molar-refractivity contribution is 0.100. The van der Waals surface area contributed by atoms with Crippen molar-refractivity contribution in [3.63, 3.8) is 0 Å². The number of carbonyl (C=O) groups is 2. The highest BCUT2D eigenvalue weighted by Crippen LogP contribution is 2.27. The zero-order valence-electron chi connectivity index (χ0n) is 8.64. The van der Waals surface area contributed by atoms with Crippen LogP contribution >= 0.6 is 11.6 Å². The number of nitrogens with two attached hydrogens (primary N) is 1. The van der Waals surface area contributed by atoms with Crippen molar-refractivity contribution in [3.8, 4) is 11.3 Å². The van der Waals surface area contributed by atoms with Gasteiger partial charge in [0.1, 0.15) is 5.76 Å². The summed E-state index contributed by atoms with van der Waals surface area (Å²) in [5, 5.41) is 0.407. The Kier molecular flexibility index (Phi) is 2.97. The summed E-state index contributed by atoms with van der Waals surface area (Å²) in [5.41, 5.74) is 6.01. The molecule has 1 aromatic heterocycles. The average Bonchev–Trinajstić information content (AvgIpc) is 2.77. The molecule has 1 aromatic carbocycles. The molecule has 2 aromatic rings. The Labute approximate surface area is 102 Å². The van der Waals surface area contributed by atoms with Gasteiger partial charge in [-0.25, -0.2) is 0 Å². The van der Waals surface area contributed by atoms with Gasteiger partial charge in [0.25, 0.3) is 0 Å². The fourth-order valence-corrected chi connectivity index (χ4v) is 1.67. The van der Waals surface area contributed by atoms with E-state index < -0.39 is 5.91 Å². The molecule has 0 unspecified atom stereocenters. The minimum atomic E-state index is -0.605. The Bertz CT molecular complexity index is 589. The normalized spacial score (nSPS) is 10.2. The molecular weight excluding hydrogens is 242 g/mol. The fourth-order valence-electron chi connectivity index (χ4n) is 1.50. The first kappa shape index (κ1) is 11.4. The molecule has 1 heterocycles. The van der Waals surface area contributed by atoms with Gasteiger partial charge in [0.15, 0.2) is 12.0 Å². The largest absolute Gasteiger partial charge is 0.453 e. The average molecular weight is 250 g/mol. The highest BCUT2D eigenvalue weighted by Gasteiger charge is 2.13. The summed E-state index contributed by atoms with van der Waals surface area (Å²) in [6.07, 6.45) is 0.587. The first-order valence-corrected chi connectivity index (χ1v) is 5.14. The van der Waals surface area contributed by atoms with Crippen LogP contribution in [0.3, 0.4) is 0 Å². The van der Waals surface area contributed by atoms with Crippen molar-refractivity contribution >= 4 is 23.8 Å². The highest BCUT2D eigenvalue weighted by atomic mass is 35.5. The number of halogens is 1. The molecule has 1 amide bonds. The van der Waals surface area contributed by atoms with E-state index in [4.69, 9.17) is 21.8 Å². The molecular formula is C12H8ClNO3. The van der Waals surface area contributed by atoms with Gasteiger partial charge >= 0.3 is 0 Å². The summed E-state index contributed by atoms with van der Waals surface area (Å²) in [5.74, 6) is -0.0190. The van der Waals surface area contributed by atoms with Crippen LogP contribution in [0.5, 0.6) is 0 Å². The molecule has 0 aliphatic rings. The van der Waals surface area contributed by atoms with E-state index in [2.05, 4.69) is 0 Å². The first-order valence-electron chi connectivity index (χ1n) is 4.76. The molecule has 17 heavy (non-hydrogen) atoms. The highest BCUT2D eigenvalue weighted by molar-refractivity contribution is 6.31. The van der Waals surface area contributed by atoms with Gasteiger partial charge in [0.2, 0.25) is 5.91 Å². The molecule has 0 saturated carbocycles. The van der Waals surface area contributed by atoms with Crippen LogP contribution in [-0.2, 0) is 0 Å². The van der Waals surface area contributed by atoms with Crippen molar-refractivity contribution in [2.24, 2.45) is 5.73 Å². The van der Waals surface area contributed by atoms with Crippen molar-refractivity contribution < 1.29 is 14.0 Å². The molecule has 0 radical (unpaired) electrons. The Morgan fingerprint density at radius 1 is 1.29 bits per heavy atom. The van der Waals surface area contributed by atoms with Gasteiger partial charge in [-0.15, -0.1) is 0 Å². The van der Waals surface area contributed by atoms with Crippen LogP contribution in [0.4, 0.5) is 0 Å². The van der Waals surface area contributed by atoms with Gasteiger partial charge in [-0.2, -0.15) is 0 Å². The minimum Gasteiger partial charge on any atom is -0.453 e. The molecule has 86 valence electrons. The Morgan fingerprint density at radius 3 is 2.65 bits per heavy atom. The van der Waals surface area contributed by atoms with E-state index in [1.807, 2.05) is 0 Å². The maximum atomic E-state index is 11.3. The van der Waals surface area contributed by atoms with E-state index in [1.165, 1.54) is 12.1 Å². The Hall–Kier alpha value is -2.07. The van der Waals surface area contributed by atoms with Gasteiger partial charge in [-0.3, -0.25) is 9.59 Å². The second kappa shape index (κ2) is 4.43. The number of amides is 1. The molecule has 2 N–H and O–H groups in total. The first-order chi connectivity index (χ1) is 8.11. The molecule has 0 atom stereocenters. The second-order valence-electron chi connectivity index (χ2n) is 3.37. The maximum absolute atomic E-state index is 11.3. The van der Waals surface area contributed by atoms with Crippen molar-refractivity contribution in [2.45, 2.75) is 0 Å². The molecule has 0 fully saturated rings. The fraction of sp³-hybridized carbons (Fsp3) is 0. The van der Waals surface area contributed by atoms with Crippen LogP contribution in [0.15, 0.2) is 34.7 Å². The lowest BCUT2D eigenvalue weighted by atomic mass is 10.1. The number of furan rings is 1. The number of hydrogen-bond donors (Lipinski definition) is 1. The molecule has 0 aliphatic heterocycles. The van der Waals surface area contributed by atoms with Crippen LogP contribution < -0.4 is 5.73 Å². The van der Waals surface area contributed by atoms with Crippen LogP contribution in [0, 0.1) is 0 Å². The third-order valence-electron chi connectivity index (χ3n) is 2.26. The summed E-state index contributed by atoms with van der Waals surface area (Å²) >= 11 is 5.79. The van der Waals surface area contributed by atoms with Crippen molar-refractivity contribution in [3.05, 3.63) is 46.7 Å². The second-order valence-corrected chi connectivity index (χ2v) is 3.81. The van der Waals surface area contributed by atoms with Gasteiger partial charge in [0.05, 0.1) is 5.56 Å². The summed E-state index contributed by atoms with van der Waals surface area (Å²) < 4.78 is 5.23. The predicted octanol–water partition coefficient (Wildman–Crippen LogP) is 2.51. The van der Waals surface area contributed by atoms with Gasteiger partial charge in [-0.1, -0.05) is 11.6 Å². The molecule has 2 rings (SSSR count). The number of benzene rings is 1. The molecule has 0 spiro atoms. The Balaban J connectivity index is 2.58. The summed E-state index contributed by atoms with van der Waals surface area (Å²) in [6.45, 7) is 0. The van der Waals surface area contributed by atoms with Crippen molar-refractivity contribution in [2.75, 3.05) is 0 Å². The summed E-state index contributed by atoms with van der Waals surface area (Å²) in [4.78, 5) is 21.8. The van der Waals surface area contributed by atoms with Gasteiger partial charge < -0.3 is 10.2 Å². The summed E-state index contributed by atoms with van der Waals surface area (Å²) in [6, 6.07) is 7.81. The smallest absolute Gasteiger partial charge is 0.249 e. The third kappa shape index (κ3) is 2.21. The van der Waals surface area contributed by atoms with E-state index in [-0.39, 0.29) is 11.3 Å². The van der Waals surface area contributed by atoms with Crippen molar-refractivity contribution in [1.29, 1.82) is 0 Å². The van der Waals surface area contributed by atoms with Crippen LogP contribution in [-0.4, -0.2) is 12.2 Å². The quantitative estimate of drug-likeness (QED) is 0.850. The van der Waals surface area contributed by atoms with Crippen LogP contribution in [0.2, 0.25) is 5.02 Å². The van der Waals surface area contributed by atoms with E-state index in [0.29, 0.717) is 22.6 Å². The number of rotatable bonds is 3. The van der Waals surface area contributed by atoms with E-state index in [1.54, 1.807) is 18.2 Å². The standard InChI is InChI=1S/C12H8ClNO3/c13-7-1-3-9(10(5-7)12(14)16)11-4-2-8(6-15)17-11/h1-6H,(H2,14,16). The number of hydrogen-bond acceptors (Lipinski definition) is 3. The minimum absolute atomic E-state index is 0.186. The molecule has 0 bridgehead atoms. The van der Waals surface area contributed by atoms with E-state index in [9.17, 15) is 9.59 Å². The van der Waals surface area contributed by atoms with Crippen LogP contribution in [0.1, 0.15) is 20.9 Å². The third-order valence-corrected chi connectivity index (χ3v) is 2.49. The number of primary amides is 1. The van der Waals surface area contributed by atoms with E-state index >= 15 is 0 Å². The van der Waals surface area contributed by atoms with Gasteiger partial charge in [0, 0.05) is 10.6 Å². The molecule has 5 heteroatoms. The van der Waals surface area contributed by atoms with Gasteiger partial charge in [-0.05, 0) is 30.3 Å². The van der Waals surface area contributed by atoms with E-state index in [0.717, 1.165) is 0 Å². The topological polar surface area (TPSA) is 73.3 Å². The number of aldehydes is 1. The Morgan fingerprint density at radius 2 is 2.06 bits per heavy atom. The predicted molar refractivity (Wildman–Crippen MR) is 63.1 cm³/mol. The zero-order chi connectivity index (χ0) is 12.4. The maximum Gasteiger partial charge on any atom is 0.249 e. The molecule has 0 saturated heterocycles. The lowest BCUT2D eigenvalue weighted by Crippen LogP contribution is -2.12.